The normalized spacial score (nSPS) is 30.1. The highest BCUT2D eigenvalue weighted by atomic mass is 16.5. The molecular formula is C16H28N2O3. The van der Waals surface area contributed by atoms with Crippen molar-refractivity contribution < 1.29 is 14.3 Å². The minimum absolute atomic E-state index is 0.0145. The lowest BCUT2D eigenvalue weighted by Crippen LogP contribution is -2.64. The summed E-state index contributed by atoms with van der Waals surface area (Å²) >= 11 is 0. The van der Waals surface area contributed by atoms with E-state index >= 15 is 0 Å². The molecular weight excluding hydrogens is 268 g/mol. The first-order valence-corrected chi connectivity index (χ1v) is 8.21. The van der Waals surface area contributed by atoms with Crippen LogP contribution in [0.3, 0.4) is 0 Å². The Morgan fingerprint density at radius 1 is 1.38 bits per heavy atom. The van der Waals surface area contributed by atoms with Crippen molar-refractivity contribution in [1.82, 2.24) is 10.2 Å². The van der Waals surface area contributed by atoms with E-state index < -0.39 is 0 Å². The maximum absolute atomic E-state index is 12.7. The average molecular weight is 296 g/mol. The molecule has 2 aliphatic rings. The first-order chi connectivity index (χ1) is 10.0. The third-order valence-corrected chi connectivity index (χ3v) is 4.33. The highest BCUT2D eigenvalue weighted by Gasteiger charge is 2.41. The molecule has 2 heterocycles. The largest absolute Gasteiger partial charge is 0.381 e. The van der Waals surface area contributed by atoms with Crippen molar-refractivity contribution in [2.24, 2.45) is 11.8 Å². The van der Waals surface area contributed by atoms with Gasteiger partial charge in [0, 0.05) is 19.1 Å². The SMILES string of the molecule is CCCC1NC(=O)C(CC(C)C)N(CC2CCOC2)C1=O. The molecule has 2 saturated heterocycles. The van der Waals surface area contributed by atoms with E-state index in [1.54, 1.807) is 0 Å². The summed E-state index contributed by atoms with van der Waals surface area (Å²) in [5, 5.41) is 2.92. The molecule has 2 aliphatic heterocycles. The van der Waals surface area contributed by atoms with E-state index in [9.17, 15) is 9.59 Å². The topological polar surface area (TPSA) is 58.6 Å². The molecule has 0 radical (unpaired) electrons. The monoisotopic (exact) mass is 296 g/mol. The molecule has 1 N–H and O–H groups in total. The van der Waals surface area contributed by atoms with Crippen LogP contribution in [0.4, 0.5) is 0 Å². The molecule has 21 heavy (non-hydrogen) atoms. The number of carbonyl (C=O) groups is 2. The van der Waals surface area contributed by atoms with Gasteiger partial charge >= 0.3 is 0 Å². The van der Waals surface area contributed by atoms with Crippen LogP contribution < -0.4 is 5.32 Å². The fourth-order valence-corrected chi connectivity index (χ4v) is 3.21. The van der Waals surface area contributed by atoms with Gasteiger partial charge in [0.05, 0.1) is 6.61 Å². The van der Waals surface area contributed by atoms with Gasteiger partial charge in [-0.3, -0.25) is 9.59 Å². The zero-order chi connectivity index (χ0) is 15.4. The summed E-state index contributed by atoms with van der Waals surface area (Å²) in [5.74, 6) is 0.866. The minimum atomic E-state index is -0.340. The Hall–Kier alpha value is -1.10. The van der Waals surface area contributed by atoms with Crippen LogP contribution in [0.1, 0.15) is 46.5 Å². The second-order valence-electron chi connectivity index (χ2n) is 6.72. The molecule has 0 spiro atoms. The molecule has 120 valence electrons. The standard InChI is InChI=1S/C16H28N2O3/c1-4-5-13-16(20)18(9-12-6-7-21-10-12)14(8-11(2)3)15(19)17-13/h11-14H,4-10H2,1-3H3,(H,17,19). The van der Waals surface area contributed by atoms with Crippen LogP contribution in [0.25, 0.3) is 0 Å². The van der Waals surface area contributed by atoms with Gasteiger partial charge in [-0.05, 0) is 25.2 Å². The summed E-state index contributed by atoms with van der Waals surface area (Å²) in [6.07, 6.45) is 3.32. The second kappa shape index (κ2) is 7.25. The van der Waals surface area contributed by atoms with E-state index in [1.165, 1.54) is 0 Å². The van der Waals surface area contributed by atoms with Gasteiger partial charge < -0.3 is 15.0 Å². The second-order valence-corrected chi connectivity index (χ2v) is 6.72. The average Bonchev–Trinajstić information content (AvgIpc) is 2.92. The Kier molecular flexibility index (Phi) is 5.62. The van der Waals surface area contributed by atoms with Gasteiger partial charge in [-0.25, -0.2) is 0 Å². The van der Waals surface area contributed by atoms with Gasteiger partial charge in [-0.15, -0.1) is 0 Å². The summed E-state index contributed by atoms with van der Waals surface area (Å²) in [7, 11) is 0. The van der Waals surface area contributed by atoms with Crippen LogP contribution in [-0.2, 0) is 14.3 Å². The lowest BCUT2D eigenvalue weighted by Gasteiger charge is -2.40. The van der Waals surface area contributed by atoms with Crippen molar-refractivity contribution in [3.8, 4) is 0 Å². The van der Waals surface area contributed by atoms with Gasteiger partial charge in [0.25, 0.3) is 0 Å². The molecule has 5 nitrogen and oxygen atoms in total. The number of hydrogen-bond acceptors (Lipinski definition) is 3. The quantitative estimate of drug-likeness (QED) is 0.809. The van der Waals surface area contributed by atoms with Crippen molar-refractivity contribution >= 4 is 11.8 Å². The molecule has 0 aliphatic carbocycles. The third kappa shape index (κ3) is 3.96. The number of ether oxygens (including phenoxy) is 1. The summed E-state index contributed by atoms with van der Waals surface area (Å²) in [6.45, 7) is 8.35. The van der Waals surface area contributed by atoms with Crippen molar-refractivity contribution in [2.45, 2.75) is 58.5 Å². The van der Waals surface area contributed by atoms with Gasteiger partial charge in [0.15, 0.2) is 0 Å². The highest BCUT2D eigenvalue weighted by molar-refractivity contribution is 5.96. The number of hydrogen-bond donors (Lipinski definition) is 1. The lowest BCUT2D eigenvalue weighted by molar-refractivity contribution is -0.151. The van der Waals surface area contributed by atoms with E-state index in [2.05, 4.69) is 19.2 Å². The van der Waals surface area contributed by atoms with E-state index in [0.29, 0.717) is 25.0 Å². The number of nitrogens with one attached hydrogen (secondary N) is 1. The number of carbonyl (C=O) groups excluding carboxylic acids is 2. The van der Waals surface area contributed by atoms with Crippen molar-refractivity contribution in [1.29, 1.82) is 0 Å². The maximum Gasteiger partial charge on any atom is 0.245 e. The number of piperazine rings is 1. The third-order valence-electron chi connectivity index (χ3n) is 4.33. The molecule has 3 unspecified atom stereocenters. The van der Waals surface area contributed by atoms with Gasteiger partial charge in [0.1, 0.15) is 12.1 Å². The van der Waals surface area contributed by atoms with Crippen molar-refractivity contribution in [2.75, 3.05) is 19.8 Å². The fourth-order valence-electron chi connectivity index (χ4n) is 3.21. The van der Waals surface area contributed by atoms with E-state index in [4.69, 9.17) is 4.74 Å². The zero-order valence-corrected chi connectivity index (χ0v) is 13.4. The summed E-state index contributed by atoms with van der Waals surface area (Å²) < 4.78 is 5.41. The lowest BCUT2D eigenvalue weighted by atomic mass is 9.95. The van der Waals surface area contributed by atoms with Gasteiger partial charge in [-0.1, -0.05) is 27.2 Å². The molecule has 2 amide bonds. The Morgan fingerprint density at radius 3 is 2.71 bits per heavy atom. The molecule has 5 heteroatoms. The van der Waals surface area contributed by atoms with Crippen molar-refractivity contribution in [3.05, 3.63) is 0 Å². The van der Waals surface area contributed by atoms with Crippen LogP contribution in [0.2, 0.25) is 0 Å². The molecule has 0 saturated carbocycles. The number of nitrogens with zero attached hydrogens (tertiary/aromatic N) is 1. The maximum atomic E-state index is 12.7. The molecule has 0 bridgehead atoms. The van der Waals surface area contributed by atoms with E-state index in [0.717, 1.165) is 32.3 Å². The van der Waals surface area contributed by atoms with Crippen LogP contribution in [0, 0.1) is 11.8 Å². The van der Waals surface area contributed by atoms with E-state index in [1.807, 2.05) is 11.8 Å². The number of rotatable bonds is 6. The molecule has 0 aromatic heterocycles. The van der Waals surface area contributed by atoms with Crippen LogP contribution >= 0.6 is 0 Å². The summed E-state index contributed by atoms with van der Waals surface area (Å²) in [6, 6.07) is -0.653. The molecule has 3 atom stereocenters. The Balaban J connectivity index is 2.12. The zero-order valence-electron chi connectivity index (χ0n) is 13.4. The highest BCUT2D eigenvalue weighted by Crippen LogP contribution is 2.23. The van der Waals surface area contributed by atoms with E-state index in [-0.39, 0.29) is 23.9 Å². The Morgan fingerprint density at radius 2 is 2.14 bits per heavy atom. The molecule has 2 rings (SSSR count). The molecule has 0 aromatic rings. The first kappa shape index (κ1) is 16.3. The van der Waals surface area contributed by atoms with Crippen LogP contribution in [0.15, 0.2) is 0 Å². The predicted molar refractivity (Wildman–Crippen MR) is 80.7 cm³/mol. The summed E-state index contributed by atoms with van der Waals surface area (Å²) in [4.78, 5) is 27.0. The van der Waals surface area contributed by atoms with Crippen LogP contribution in [-0.4, -0.2) is 48.6 Å². The summed E-state index contributed by atoms with van der Waals surface area (Å²) in [5.41, 5.74) is 0. The first-order valence-electron chi connectivity index (χ1n) is 8.21. The fraction of sp³-hybridized carbons (Fsp3) is 0.875. The van der Waals surface area contributed by atoms with Crippen molar-refractivity contribution in [3.63, 3.8) is 0 Å². The molecule has 0 aromatic carbocycles. The minimum Gasteiger partial charge on any atom is -0.381 e. The number of amides is 2. The predicted octanol–water partition coefficient (Wildman–Crippen LogP) is 1.56. The Bertz CT molecular complexity index is 378. The molecule has 2 fully saturated rings. The van der Waals surface area contributed by atoms with Gasteiger partial charge in [0.2, 0.25) is 11.8 Å². The van der Waals surface area contributed by atoms with Gasteiger partial charge in [-0.2, -0.15) is 0 Å². The Labute approximate surface area is 127 Å². The van der Waals surface area contributed by atoms with Crippen LogP contribution in [0.5, 0.6) is 0 Å². The smallest absolute Gasteiger partial charge is 0.245 e.